The van der Waals surface area contributed by atoms with Crippen LogP contribution in [-0.2, 0) is 4.79 Å². The van der Waals surface area contributed by atoms with Gasteiger partial charge in [0.1, 0.15) is 0 Å². The van der Waals surface area contributed by atoms with Gasteiger partial charge in [-0.3, -0.25) is 4.79 Å². The zero-order valence-corrected chi connectivity index (χ0v) is 7.36. The first-order valence-corrected chi connectivity index (χ1v) is 4.78. The Morgan fingerprint density at radius 3 is 2.42 bits per heavy atom. The van der Waals surface area contributed by atoms with Crippen LogP contribution in [0.1, 0.15) is 25.7 Å². The Morgan fingerprint density at radius 2 is 1.75 bits per heavy atom. The average molecular weight is 168 g/mol. The van der Waals surface area contributed by atoms with Gasteiger partial charge in [-0.05, 0) is 37.8 Å². The van der Waals surface area contributed by atoms with Gasteiger partial charge in [-0.2, -0.15) is 0 Å². The molecular formula is C9H16N2O. The molecular weight excluding hydrogens is 152 g/mol. The van der Waals surface area contributed by atoms with Crippen LogP contribution < -0.4 is 10.6 Å². The third-order valence-corrected chi connectivity index (χ3v) is 3.18. The Hall–Kier alpha value is -0.570. The fourth-order valence-corrected chi connectivity index (χ4v) is 2.34. The van der Waals surface area contributed by atoms with Crippen molar-refractivity contribution in [3.05, 3.63) is 0 Å². The first-order chi connectivity index (χ1) is 5.81. The van der Waals surface area contributed by atoms with E-state index in [9.17, 15) is 4.79 Å². The molecule has 12 heavy (non-hydrogen) atoms. The molecule has 0 saturated carbocycles. The van der Waals surface area contributed by atoms with Gasteiger partial charge < -0.3 is 10.6 Å². The van der Waals surface area contributed by atoms with E-state index in [1.54, 1.807) is 0 Å². The Kier molecular flexibility index (Phi) is 2.05. The Bertz CT molecular complexity index is 179. The lowest BCUT2D eigenvalue weighted by Gasteiger charge is -2.40. The Morgan fingerprint density at radius 1 is 1.08 bits per heavy atom. The van der Waals surface area contributed by atoms with Crippen LogP contribution in [0.15, 0.2) is 0 Å². The van der Waals surface area contributed by atoms with Crippen molar-refractivity contribution in [2.75, 3.05) is 19.6 Å². The molecule has 2 aliphatic heterocycles. The van der Waals surface area contributed by atoms with E-state index in [2.05, 4.69) is 10.6 Å². The summed E-state index contributed by atoms with van der Waals surface area (Å²) in [5.41, 5.74) is 0.355. The fourth-order valence-electron chi connectivity index (χ4n) is 2.34. The summed E-state index contributed by atoms with van der Waals surface area (Å²) in [4.78, 5) is 11.2. The summed E-state index contributed by atoms with van der Waals surface area (Å²) < 4.78 is 0. The fraction of sp³-hybridized carbons (Fsp3) is 0.889. The van der Waals surface area contributed by atoms with E-state index in [0.717, 1.165) is 26.1 Å². The van der Waals surface area contributed by atoms with E-state index >= 15 is 0 Å². The maximum Gasteiger partial charge on any atom is 0.220 e. The zero-order valence-electron chi connectivity index (χ0n) is 7.36. The number of rotatable bonds is 0. The van der Waals surface area contributed by atoms with Crippen LogP contribution in [0.25, 0.3) is 0 Å². The van der Waals surface area contributed by atoms with E-state index in [4.69, 9.17) is 0 Å². The van der Waals surface area contributed by atoms with E-state index < -0.39 is 0 Å². The summed E-state index contributed by atoms with van der Waals surface area (Å²) in [5.74, 6) is 0.253. The molecule has 68 valence electrons. The first-order valence-electron chi connectivity index (χ1n) is 4.78. The first kappa shape index (κ1) is 8.05. The van der Waals surface area contributed by atoms with Gasteiger partial charge in [-0.1, -0.05) is 0 Å². The van der Waals surface area contributed by atoms with Crippen molar-refractivity contribution in [2.45, 2.75) is 25.7 Å². The topological polar surface area (TPSA) is 41.1 Å². The van der Waals surface area contributed by atoms with Gasteiger partial charge in [0.25, 0.3) is 0 Å². The van der Waals surface area contributed by atoms with Gasteiger partial charge >= 0.3 is 0 Å². The van der Waals surface area contributed by atoms with Crippen molar-refractivity contribution in [2.24, 2.45) is 5.41 Å². The van der Waals surface area contributed by atoms with Crippen LogP contribution in [0.4, 0.5) is 0 Å². The average Bonchev–Trinajstić information content (AvgIpc) is 2.05. The second-order valence-electron chi connectivity index (χ2n) is 4.03. The molecule has 0 aliphatic carbocycles. The molecule has 2 fully saturated rings. The molecule has 2 rings (SSSR count). The molecule has 3 heteroatoms. The van der Waals surface area contributed by atoms with Crippen molar-refractivity contribution < 1.29 is 4.79 Å². The molecule has 2 aliphatic rings. The monoisotopic (exact) mass is 168 g/mol. The molecule has 0 aromatic rings. The number of amides is 1. The minimum absolute atomic E-state index is 0.253. The Labute approximate surface area is 72.9 Å². The van der Waals surface area contributed by atoms with E-state index in [1.807, 2.05) is 0 Å². The highest BCUT2D eigenvalue weighted by molar-refractivity contribution is 5.77. The quantitative estimate of drug-likeness (QED) is 0.545. The van der Waals surface area contributed by atoms with Gasteiger partial charge in [0.05, 0.1) is 0 Å². The van der Waals surface area contributed by atoms with Crippen LogP contribution in [0, 0.1) is 5.41 Å². The van der Waals surface area contributed by atoms with Crippen molar-refractivity contribution in [3.63, 3.8) is 0 Å². The van der Waals surface area contributed by atoms with E-state index in [-0.39, 0.29) is 5.91 Å². The molecule has 2 N–H and O–H groups in total. The molecule has 0 bridgehead atoms. The molecule has 3 nitrogen and oxygen atoms in total. The lowest BCUT2D eigenvalue weighted by Crippen LogP contribution is -2.46. The highest BCUT2D eigenvalue weighted by Gasteiger charge is 2.36. The van der Waals surface area contributed by atoms with Gasteiger partial charge in [-0.15, -0.1) is 0 Å². The van der Waals surface area contributed by atoms with Crippen molar-refractivity contribution in [3.8, 4) is 0 Å². The lowest BCUT2D eigenvalue weighted by atomic mass is 9.72. The van der Waals surface area contributed by atoms with Crippen LogP contribution in [-0.4, -0.2) is 25.5 Å². The van der Waals surface area contributed by atoms with Gasteiger partial charge in [0.2, 0.25) is 5.91 Å². The summed E-state index contributed by atoms with van der Waals surface area (Å²) in [6.45, 7) is 3.07. The maximum absolute atomic E-state index is 11.2. The third kappa shape index (κ3) is 1.46. The van der Waals surface area contributed by atoms with E-state index in [0.29, 0.717) is 5.41 Å². The normalized spacial score (nSPS) is 28.5. The minimum atomic E-state index is 0.253. The van der Waals surface area contributed by atoms with Gasteiger partial charge in [0, 0.05) is 13.0 Å². The molecule has 0 radical (unpaired) electrons. The van der Waals surface area contributed by atoms with Crippen LogP contribution in [0.2, 0.25) is 0 Å². The number of hydrogen-bond donors (Lipinski definition) is 2. The molecule has 1 amide bonds. The predicted octanol–water partition coefficient (Wildman–Crippen LogP) is 0.266. The maximum atomic E-state index is 11.2. The molecule has 0 unspecified atom stereocenters. The lowest BCUT2D eigenvalue weighted by molar-refractivity contribution is -0.126. The zero-order chi connectivity index (χ0) is 8.44. The summed E-state index contributed by atoms with van der Waals surface area (Å²) in [6.07, 6.45) is 4.30. The summed E-state index contributed by atoms with van der Waals surface area (Å²) >= 11 is 0. The van der Waals surface area contributed by atoms with Crippen molar-refractivity contribution >= 4 is 5.91 Å². The molecule has 1 spiro atoms. The third-order valence-electron chi connectivity index (χ3n) is 3.18. The van der Waals surface area contributed by atoms with E-state index in [1.165, 1.54) is 19.3 Å². The molecule has 2 heterocycles. The van der Waals surface area contributed by atoms with Crippen LogP contribution in [0.3, 0.4) is 0 Å². The second kappa shape index (κ2) is 3.05. The van der Waals surface area contributed by atoms with Gasteiger partial charge in [-0.25, -0.2) is 0 Å². The molecule has 2 saturated heterocycles. The standard InChI is InChI=1S/C9H16N2O/c12-8-7-9(3-6-11-8)1-4-10-5-2-9/h10H,1-7H2,(H,11,12). The molecule has 0 aromatic heterocycles. The molecule has 0 atom stereocenters. The number of nitrogens with one attached hydrogen (secondary N) is 2. The number of carbonyl (C=O) groups is 1. The largest absolute Gasteiger partial charge is 0.356 e. The SMILES string of the molecule is O=C1CC2(CCNCC2)CCN1. The number of hydrogen-bond acceptors (Lipinski definition) is 2. The van der Waals surface area contributed by atoms with Crippen LogP contribution >= 0.6 is 0 Å². The number of carbonyl (C=O) groups excluding carboxylic acids is 1. The highest BCUT2D eigenvalue weighted by atomic mass is 16.1. The number of piperidine rings is 2. The highest BCUT2D eigenvalue weighted by Crippen LogP contribution is 2.37. The summed E-state index contributed by atoms with van der Waals surface area (Å²) in [7, 11) is 0. The van der Waals surface area contributed by atoms with Gasteiger partial charge in [0.15, 0.2) is 0 Å². The summed E-state index contributed by atoms with van der Waals surface area (Å²) in [5, 5.41) is 6.23. The summed E-state index contributed by atoms with van der Waals surface area (Å²) in [6, 6.07) is 0. The second-order valence-corrected chi connectivity index (χ2v) is 4.03. The van der Waals surface area contributed by atoms with Crippen LogP contribution in [0.5, 0.6) is 0 Å². The predicted molar refractivity (Wildman–Crippen MR) is 46.8 cm³/mol. The van der Waals surface area contributed by atoms with Crippen molar-refractivity contribution in [1.29, 1.82) is 0 Å². The Balaban J connectivity index is 2.02. The molecule has 0 aromatic carbocycles. The minimum Gasteiger partial charge on any atom is -0.356 e. The smallest absolute Gasteiger partial charge is 0.220 e. The van der Waals surface area contributed by atoms with Crippen molar-refractivity contribution in [1.82, 2.24) is 10.6 Å².